The average Bonchev–Trinajstić information content (AvgIpc) is 2.14. The summed E-state index contributed by atoms with van der Waals surface area (Å²) < 4.78 is 4.99. The molecule has 0 aliphatic rings. The highest BCUT2D eigenvalue weighted by molar-refractivity contribution is 6.23. The summed E-state index contributed by atoms with van der Waals surface area (Å²) in [6.45, 7) is 9.64. The van der Waals surface area contributed by atoms with Gasteiger partial charge in [-0.15, -0.1) is 0 Å². The van der Waals surface area contributed by atoms with Crippen LogP contribution in [-0.4, -0.2) is 18.3 Å². The number of hydrogen-bond acceptors (Lipinski definition) is 3. The minimum atomic E-state index is -0.403. The van der Waals surface area contributed by atoms with Crippen LogP contribution < -0.4 is 0 Å². The van der Waals surface area contributed by atoms with Crippen LogP contribution in [0.15, 0.2) is 17.1 Å². The zero-order valence-electron chi connectivity index (χ0n) is 11.1. The lowest BCUT2D eigenvalue weighted by Crippen LogP contribution is -2.11. The summed E-state index contributed by atoms with van der Waals surface area (Å²) >= 11 is 0. The summed E-state index contributed by atoms with van der Waals surface area (Å²) in [6, 6.07) is 4.10. The Morgan fingerprint density at radius 1 is 1.24 bits per heavy atom. The molecule has 0 saturated heterocycles. The quantitative estimate of drug-likeness (QED) is 0.593. The van der Waals surface area contributed by atoms with Gasteiger partial charge in [0.1, 0.15) is 6.21 Å². The maximum Gasteiger partial charge on any atom is 0.349 e. The molecule has 3 nitrogen and oxygen atoms in total. The van der Waals surface area contributed by atoms with E-state index in [9.17, 15) is 4.79 Å². The lowest BCUT2D eigenvalue weighted by atomic mass is 10.1. The second kappa shape index (κ2) is 5.62. The predicted molar refractivity (Wildman–Crippen MR) is 70.0 cm³/mol. The van der Waals surface area contributed by atoms with Gasteiger partial charge >= 0.3 is 5.97 Å². The minimum Gasteiger partial charge on any atom is -0.459 e. The number of esters is 1. The molecule has 3 heteroatoms. The topological polar surface area (TPSA) is 38.7 Å². The molecule has 1 rings (SSSR count). The molecule has 0 atom stereocenters. The van der Waals surface area contributed by atoms with Crippen LogP contribution in [0.3, 0.4) is 0 Å². The summed E-state index contributed by atoms with van der Waals surface area (Å²) in [4.78, 5) is 15.5. The van der Waals surface area contributed by atoms with Gasteiger partial charge in [-0.25, -0.2) is 9.79 Å². The highest BCUT2D eigenvalue weighted by Gasteiger charge is 2.04. The van der Waals surface area contributed by atoms with Gasteiger partial charge in [-0.1, -0.05) is 17.7 Å². The van der Waals surface area contributed by atoms with Crippen molar-refractivity contribution in [2.45, 2.75) is 40.7 Å². The van der Waals surface area contributed by atoms with Gasteiger partial charge < -0.3 is 4.74 Å². The summed E-state index contributed by atoms with van der Waals surface area (Å²) in [5, 5.41) is 0. The Morgan fingerprint density at radius 2 is 1.76 bits per heavy atom. The molecule has 0 aliphatic carbocycles. The lowest BCUT2D eigenvalue weighted by molar-refractivity contribution is -0.138. The molecule has 0 bridgehead atoms. The molecule has 0 radical (unpaired) electrons. The highest BCUT2D eigenvalue weighted by atomic mass is 16.5. The SMILES string of the molecule is Cc1cc(C)c(N=CC(=O)OC(C)C)c(C)c1. The van der Waals surface area contributed by atoms with Crippen LogP contribution >= 0.6 is 0 Å². The number of hydrogen-bond donors (Lipinski definition) is 0. The Balaban J connectivity index is 2.88. The summed E-state index contributed by atoms with van der Waals surface area (Å²) in [5.74, 6) is -0.403. The predicted octanol–water partition coefficient (Wildman–Crippen LogP) is 3.27. The largest absolute Gasteiger partial charge is 0.459 e. The van der Waals surface area contributed by atoms with Crippen molar-refractivity contribution < 1.29 is 9.53 Å². The third kappa shape index (κ3) is 4.02. The second-order valence-corrected chi connectivity index (χ2v) is 4.49. The van der Waals surface area contributed by atoms with Crippen molar-refractivity contribution >= 4 is 17.9 Å². The fourth-order valence-corrected chi connectivity index (χ4v) is 1.76. The Hall–Kier alpha value is -1.64. The zero-order valence-corrected chi connectivity index (χ0v) is 11.1. The van der Waals surface area contributed by atoms with E-state index in [4.69, 9.17) is 4.74 Å². The average molecular weight is 233 g/mol. The molecule has 92 valence electrons. The van der Waals surface area contributed by atoms with Gasteiger partial charge in [0.15, 0.2) is 0 Å². The van der Waals surface area contributed by atoms with Crippen LogP contribution in [0.4, 0.5) is 5.69 Å². The number of nitrogens with zero attached hydrogens (tertiary/aromatic N) is 1. The number of aryl methyl sites for hydroxylation is 3. The maximum atomic E-state index is 11.3. The number of ether oxygens (including phenoxy) is 1. The Bertz CT molecular complexity index is 425. The molecule has 0 spiro atoms. The van der Waals surface area contributed by atoms with E-state index >= 15 is 0 Å². The number of rotatable bonds is 3. The van der Waals surface area contributed by atoms with E-state index in [1.807, 2.05) is 46.8 Å². The van der Waals surface area contributed by atoms with Gasteiger partial charge in [0, 0.05) is 0 Å². The van der Waals surface area contributed by atoms with Crippen molar-refractivity contribution in [1.82, 2.24) is 0 Å². The Labute approximate surface area is 103 Å². The first-order valence-corrected chi connectivity index (χ1v) is 5.72. The molecule has 0 aliphatic heterocycles. The van der Waals surface area contributed by atoms with Gasteiger partial charge in [0.2, 0.25) is 0 Å². The monoisotopic (exact) mass is 233 g/mol. The number of benzene rings is 1. The first-order chi connectivity index (χ1) is 7.90. The van der Waals surface area contributed by atoms with E-state index in [0.29, 0.717) is 0 Å². The van der Waals surface area contributed by atoms with Gasteiger partial charge in [0.25, 0.3) is 0 Å². The molecule has 17 heavy (non-hydrogen) atoms. The fraction of sp³-hybridized carbons (Fsp3) is 0.429. The van der Waals surface area contributed by atoms with E-state index in [1.165, 1.54) is 11.8 Å². The van der Waals surface area contributed by atoms with Crippen LogP contribution in [0.25, 0.3) is 0 Å². The molecule has 1 aromatic rings. The van der Waals surface area contributed by atoms with Gasteiger partial charge in [0.05, 0.1) is 11.8 Å². The molecule has 0 amide bonds. The first kappa shape index (κ1) is 13.4. The highest BCUT2D eigenvalue weighted by Crippen LogP contribution is 2.24. The molecular formula is C14H19NO2. The van der Waals surface area contributed by atoms with Gasteiger partial charge in [-0.05, 0) is 45.7 Å². The summed E-state index contributed by atoms with van der Waals surface area (Å²) in [7, 11) is 0. The number of carbonyl (C=O) groups is 1. The van der Waals surface area contributed by atoms with E-state index in [0.717, 1.165) is 16.8 Å². The standard InChI is InChI=1S/C14H19NO2/c1-9(2)17-13(16)8-15-14-11(4)6-10(3)7-12(14)5/h6-9H,1-5H3. The maximum absolute atomic E-state index is 11.3. The normalized spacial score (nSPS) is 11.2. The molecule has 0 unspecified atom stereocenters. The van der Waals surface area contributed by atoms with E-state index in [2.05, 4.69) is 4.99 Å². The van der Waals surface area contributed by atoms with E-state index in [-0.39, 0.29) is 6.10 Å². The number of aliphatic imine (C=N–C) groups is 1. The molecule has 1 aromatic carbocycles. The second-order valence-electron chi connectivity index (χ2n) is 4.49. The zero-order chi connectivity index (χ0) is 13.0. The van der Waals surface area contributed by atoms with Crippen LogP contribution in [0.2, 0.25) is 0 Å². The summed E-state index contributed by atoms with van der Waals surface area (Å²) in [5.41, 5.74) is 4.17. The lowest BCUT2D eigenvalue weighted by Gasteiger charge is -2.07. The van der Waals surface area contributed by atoms with Crippen molar-refractivity contribution in [1.29, 1.82) is 0 Å². The van der Waals surface area contributed by atoms with Crippen LogP contribution in [0.5, 0.6) is 0 Å². The summed E-state index contributed by atoms with van der Waals surface area (Å²) in [6.07, 6.45) is 1.12. The molecule has 0 aromatic heterocycles. The Kier molecular flexibility index (Phi) is 4.44. The third-order valence-electron chi connectivity index (χ3n) is 2.29. The minimum absolute atomic E-state index is 0.117. The smallest absolute Gasteiger partial charge is 0.349 e. The molecular weight excluding hydrogens is 214 g/mol. The van der Waals surface area contributed by atoms with Crippen molar-refractivity contribution in [2.24, 2.45) is 4.99 Å². The Morgan fingerprint density at radius 3 is 2.24 bits per heavy atom. The third-order valence-corrected chi connectivity index (χ3v) is 2.29. The number of carbonyl (C=O) groups excluding carboxylic acids is 1. The molecule has 0 fully saturated rings. The fourth-order valence-electron chi connectivity index (χ4n) is 1.76. The van der Waals surface area contributed by atoms with Crippen molar-refractivity contribution in [3.05, 3.63) is 28.8 Å². The van der Waals surface area contributed by atoms with Crippen LogP contribution in [0, 0.1) is 20.8 Å². The van der Waals surface area contributed by atoms with Crippen molar-refractivity contribution in [3.63, 3.8) is 0 Å². The van der Waals surface area contributed by atoms with Crippen molar-refractivity contribution in [2.75, 3.05) is 0 Å². The van der Waals surface area contributed by atoms with Crippen LogP contribution in [-0.2, 0) is 9.53 Å². The van der Waals surface area contributed by atoms with E-state index in [1.54, 1.807) is 0 Å². The molecule has 0 N–H and O–H groups in total. The first-order valence-electron chi connectivity index (χ1n) is 5.72. The van der Waals surface area contributed by atoms with Gasteiger partial charge in [-0.2, -0.15) is 0 Å². The molecule has 0 saturated carbocycles. The van der Waals surface area contributed by atoms with E-state index < -0.39 is 5.97 Å². The van der Waals surface area contributed by atoms with Gasteiger partial charge in [-0.3, -0.25) is 0 Å². The van der Waals surface area contributed by atoms with Crippen molar-refractivity contribution in [3.8, 4) is 0 Å². The molecule has 0 heterocycles. The van der Waals surface area contributed by atoms with Crippen LogP contribution in [0.1, 0.15) is 30.5 Å².